The summed E-state index contributed by atoms with van der Waals surface area (Å²) in [5.41, 5.74) is 4.01. The van der Waals surface area contributed by atoms with Crippen molar-refractivity contribution in [3.05, 3.63) is 89.7 Å². The van der Waals surface area contributed by atoms with Gasteiger partial charge in [0.25, 0.3) is 0 Å². The Balaban J connectivity index is 1.38. The van der Waals surface area contributed by atoms with E-state index < -0.39 is 0 Å². The van der Waals surface area contributed by atoms with Crippen molar-refractivity contribution >= 4 is 0 Å². The quantitative estimate of drug-likeness (QED) is 0.399. The van der Waals surface area contributed by atoms with Crippen molar-refractivity contribution in [3.63, 3.8) is 0 Å². The Morgan fingerprint density at radius 3 is 2.29 bits per heavy atom. The molecule has 0 N–H and O–H groups in total. The van der Waals surface area contributed by atoms with E-state index in [1.54, 1.807) is 0 Å². The van der Waals surface area contributed by atoms with Gasteiger partial charge in [-0.1, -0.05) is 49.2 Å². The maximum absolute atomic E-state index is 12.9. The molecule has 3 heteroatoms. The number of hydrogen-bond acceptors (Lipinski definition) is 2. The lowest BCUT2D eigenvalue weighted by atomic mass is 10.0. The lowest BCUT2D eigenvalue weighted by Crippen LogP contribution is -1.97. The summed E-state index contributed by atoms with van der Waals surface area (Å²) in [6.45, 7) is 0.702. The van der Waals surface area contributed by atoms with E-state index >= 15 is 0 Å². The first kappa shape index (κ1) is 19.6. The number of nitrogens with zero attached hydrogens (tertiary/aromatic N) is 1. The summed E-state index contributed by atoms with van der Waals surface area (Å²) in [7, 11) is 0. The Labute approximate surface area is 166 Å². The zero-order valence-corrected chi connectivity index (χ0v) is 15.9. The Kier molecular flexibility index (Phi) is 7.21. The first-order chi connectivity index (χ1) is 13.7. The van der Waals surface area contributed by atoms with Crippen LogP contribution in [0, 0.1) is 17.1 Å². The van der Waals surface area contributed by atoms with Gasteiger partial charge in [-0.15, -0.1) is 0 Å². The van der Waals surface area contributed by atoms with E-state index in [9.17, 15) is 4.39 Å². The summed E-state index contributed by atoms with van der Waals surface area (Å²) in [5.74, 6) is 0.692. The van der Waals surface area contributed by atoms with Crippen molar-refractivity contribution < 1.29 is 9.13 Å². The van der Waals surface area contributed by atoms with Crippen LogP contribution in [0.4, 0.5) is 4.39 Å². The second-order valence-electron chi connectivity index (χ2n) is 6.86. The molecule has 3 aromatic carbocycles. The lowest BCUT2D eigenvalue weighted by molar-refractivity contribution is 0.305. The summed E-state index contributed by atoms with van der Waals surface area (Å²) in [6, 6.07) is 24.5. The highest BCUT2D eigenvalue weighted by molar-refractivity contribution is 5.65. The molecule has 2 nitrogen and oxygen atoms in total. The predicted octanol–water partition coefficient (Wildman–Crippen LogP) is 6.55. The van der Waals surface area contributed by atoms with Gasteiger partial charge in [0, 0.05) is 0 Å². The smallest absolute Gasteiger partial charge is 0.123 e. The Morgan fingerprint density at radius 1 is 0.786 bits per heavy atom. The molecule has 3 rings (SSSR count). The van der Waals surface area contributed by atoms with E-state index in [4.69, 9.17) is 10.00 Å². The molecule has 0 spiro atoms. The second-order valence-corrected chi connectivity index (χ2v) is 6.86. The largest absolute Gasteiger partial charge is 0.494 e. The Hall–Kier alpha value is -3.12. The molecular formula is C25H24FNO. The third kappa shape index (κ3) is 5.96. The molecule has 0 fully saturated rings. The van der Waals surface area contributed by atoms with Gasteiger partial charge in [0.15, 0.2) is 0 Å². The minimum Gasteiger partial charge on any atom is -0.494 e. The summed E-state index contributed by atoms with van der Waals surface area (Å²) in [5, 5.41) is 8.90. The van der Waals surface area contributed by atoms with Crippen molar-refractivity contribution in [1.29, 1.82) is 5.26 Å². The standard InChI is InChI=1S/C25H24FNO/c26-24-15-11-20(12-16-24)6-3-1-2-4-17-28-25-8-5-7-23(18-25)22-13-9-21(19-27)10-14-22/h5,7-16,18H,1-4,6,17H2. The third-order valence-corrected chi connectivity index (χ3v) is 4.72. The molecular weight excluding hydrogens is 349 g/mol. The van der Waals surface area contributed by atoms with Gasteiger partial charge in [-0.2, -0.15) is 5.26 Å². The van der Waals surface area contributed by atoms with Crippen LogP contribution in [0.5, 0.6) is 5.75 Å². The van der Waals surface area contributed by atoms with Crippen molar-refractivity contribution in [2.24, 2.45) is 0 Å². The van der Waals surface area contributed by atoms with Crippen LogP contribution >= 0.6 is 0 Å². The Bertz CT molecular complexity index is 911. The SMILES string of the molecule is N#Cc1ccc(-c2cccc(OCCCCCCc3ccc(F)cc3)c2)cc1. The van der Waals surface area contributed by atoms with Crippen LogP contribution in [0.2, 0.25) is 0 Å². The van der Waals surface area contributed by atoms with E-state index in [1.807, 2.05) is 60.7 Å². The number of unbranched alkanes of at least 4 members (excludes halogenated alkanes) is 3. The van der Waals surface area contributed by atoms with E-state index in [2.05, 4.69) is 6.07 Å². The fourth-order valence-electron chi connectivity index (χ4n) is 3.13. The van der Waals surface area contributed by atoms with E-state index in [0.29, 0.717) is 12.2 Å². The molecule has 0 aliphatic rings. The minimum atomic E-state index is -0.177. The highest BCUT2D eigenvalue weighted by Gasteiger charge is 2.01. The normalized spacial score (nSPS) is 10.4. The number of benzene rings is 3. The zero-order chi connectivity index (χ0) is 19.6. The average Bonchev–Trinajstić information content (AvgIpc) is 2.74. The lowest BCUT2D eigenvalue weighted by Gasteiger charge is -2.08. The fourth-order valence-corrected chi connectivity index (χ4v) is 3.13. The van der Waals surface area contributed by atoms with Gasteiger partial charge in [0.1, 0.15) is 11.6 Å². The highest BCUT2D eigenvalue weighted by atomic mass is 19.1. The molecule has 3 aromatic rings. The topological polar surface area (TPSA) is 33.0 Å². The number of hydrogen-bond donors (Lipinski definition) is 0. The molecule has 0 saturated carbocycles. The molecule has 0 heterocycles. The highest BCUT2D eigenvalue weighted by Crippen LogP contribution is 2.24. The molecule has 142 valence electrons. The average molecular weight is 373 g/mol. The first-order valence-corrected chi connectivity index (χ1v) is 9.72. The van der Waals surface area contributed by atoms with Gasteiger partial charge in [0.2, 0.25) is 0 Å². The van der Waals surface area contributed by atoms with Gasteiger partial charge in [-0.3, -0.25) is 0 Å². The molecule has 0 unspecified atom stereocenters. The summed E-state index contributed by atoms with van der Waals surface area (Å²) < 4.78 is 18.8. The summed E-state index contributed by atoms with van der Waals surface area (Å²) in [4.78, 5) is 0. The van der Waals surface area contributed by atoms with Crippen molar-refractivity contribution in [2.45, 2.75) is 32.1 Å². The van der Waals surface area contributed by atoms with Gasteiger partial charge < -0.3 is 4.74 Å². The van der Waals surface area contributed by atoms with Crippen LogP contribution in [0.15, 0.2) is 72.8 Å². The van der Waals surface area contributed by atoms with Crippen LogP contribution in [0.1, 0.15) is 36.8 Å². The van der Waals surface area contributed by atoms with E-state index in [1.165, 1.54) is 17.7 Å². The molecule has 0 atom stereocenters. The second kappa shape index (κ2) is 10.3. The van der Waals surface area contributed by atoms with Crippen LogP contribution < -0.4 is 4.74 Å². The molecule has 0 saturated heterocycles. The van der Waals surface area contributed by atoms with Gasteiger partial charge in [0.05, 0.1) is 18.2 Å². The number of ether oxygens (including phenoxy) is 1. The van der Waals surface area contributed by atoms with Crippen LogP contribution in [0.25, 0.3) is 11.1 Å². The van der Waals surface area contributed by atoms with Crippen LogP contribution in [0.3, 0.4) is 0 Å². The zero-order valence-electron chi connectivity index (χ0n) is 15.9. The van der Waals surface area contributed by atoms with Crippen molar-refractivity contribution in [2.75, 3.05) is 6.61 Å². The number of nitriles is 1. The summed E-state index contributed by atoms with van der Waals surface area (Å²) in [6.07, 6.45) is 5.39. The van der Waals surface area contributed by atoms with E-state index in [0.717, 1.165) is 49.0 Å². The van der Waals surface area contributed by atoms with Gasteiger partial charge in [-0.25, -0.2) is 4.39 Å². The van der Waals surface area contributed by atoms with E-state index in [-0.39, 0.29) is 5.82 Å². The monoisotopic (exact) mass is 373 g/mol. The molecule has 0 aliphatic carbocycles. The van der Waals surface area contributed by atoms with Crippen LogP contribution in [-0.4, -0.2) is 6.61 Å². The molecule has 28 heavy (non-hydrogen) atoms. The number of rotatable bonds is 9. The first-order valence-electron chi connectivity index (χ1n) is 9.72. The molecule has 0 amide bonds. The molecule has 0 radical (unpaired) electrons. The maximum Gasteiger partial charge on any atom is 0.123 e. The van der Waals surface area contributed by atoms with Gasteiger partial charge >= 0.3 is 0 Å². The maximum atomic E-state index is 12.9. The van der Waals surface area contributed by atoms with Gasteiger partial charge in [-0.05, 0) is 72.4 Å². The predicted molar refractivity (Wildman–Crippen MR) is 111 cm³/mol. The third-order valence-electron chi connectivity index (χ3n) is 4.72. The molecule has 0 aliphatic heterocycles. The number of aryl methyl sites for hydroxylation is 1. The van der Waals surface area contributed by atoms with Crippen molar-refractivity contribution in [3.8, 4) is 22.9 Å². The van der Waals surface area contributed by atoms with Crippen LogP contribution in [-0.2, 0) is 6.42 Å². The van der Waals surface area contributed by atoms with Crippen molar-refractivity contribution in [1.82, 2.24) is 0 Å². The minimum absolute atomic E-state index is 0.177. The molecule has 0 bridgehead atoms. The number of halogens is 1. The molecule has 0 aromatic heterocycles. The fraction of sp³-hybridized carbons (Fsp3) is 0.240. The summed E-state index contributed by atoms with van der Waals surface area (Å²) >= 11 is 0. The Morgan fingerprint density at radius 2 is 1.54 bits per heavy atom.